The first-order valence-electron chi connectivity index (χ1n) is 7.96. The highest BCUT2D eigenvalue weighted by Crippen LogP contribution is 2.52. The van der Waals surface area contributed by atoms with E-state index in [9.17, 15) is 18.0 Å². The average Bonchev–Trinajstić information content (AvgIpc) is 2.73. The molecule has 27 heavy (non-hydrogen) atoms. The lowest BCUT2D eigenvalue weighted by Gasteiger charge is -2.28. The van der Waals surface area contributed by atoms with Crippen molar-refractivity contribution in [3.05, 3.63) is 35.1 Å². The standard InChI is InChI=1S/C17H21F3NO4PS/c1-10-6-7-11(12(8-10)23-4)13-14(16(2,3)21-15(13)22)25-26(5,27)24-9-17(18,19)20/h6-8H,9H2,1-5H3,(H,21,22). The summed E-state index contributed by atoms with van der Waals surface area (Å²) in [6.07, 6.45) is -4.53. The summed E-state index contributed by atoms with van der Waals surface area (Å²) < 4.78 is 53.4. The Morgan fingerprint density at radius 3 is 2.48 bits per heavy atom. The van der Waals surface area contributed by atoms with E-state index >= 15 is 0 Å². The molecule has 0 saturated carbocycles. The molecule has 0 aliphatic carbocycles. The Morgan fingerprint density at radius 1 is 1.30 bits per heavy atom. The molecule has 10 heteroatoms. The number of nitrogens with one attached hydrogen (secondary N) is 1. The fourth-order valence-electron chi connectivity index (χ4n) is 2.61. The van der Waals surface area contributed by atoms with Gasteiger partial charge >= 0.3 is 6.18 Å². The van der Waals surface area contributed by atoms with E-state index in [1.165, 1.54) is 13.8 Å². The summed E-state index contributed by atoms with van der Waals surface area (Å²) in [5, 5.41) is 2.75. The second-order valence-corrected chi connectivity index (χ2v) is 10.7. The van der Waals surface area contributed by atoms with Gasteiger partial charge in [-0.3, -0.25) is 4.79 Å². The van der Waals surface area contributed by atoms with Gasteiger partial charge in [-0.15, -0.1) is 0 Å². The minimum absolute atomic E-state index is 0.141. The van der Waals surface area contributed by atoms with E-state index in [-0.39, 0.29) is 11.3 Å². The van der Waals surface area contributed by atoms with Crippen molar-refractivity contribution in [3.8, 4) is 5.75 Å². The van der Waals surface area contributed by atoms with Crippen LogP contribution in [0, 0.1) is 6.92 Å². The molecule has 1 N–H and O–H groups in total. The molecule has 0 aromatic heterocycles. The zero-order chi connectivity index (χ0) is 20.6. The van der Waals surface area contributed by atoms with Crippen LogP contribution in [0.3, 0.4) is 0 Å². The van der Waals surface area contributed by atoms with Crippen molar-refractivity contribution in [1.82, 2.24) is 5.32 Å². The highest BCUT2D eigenvalue weighted by molar-refractivity contribution is 8.09. The molecule has 0 spiro atoms. The van der Waals surface area contributed by atoms with Gasteiger partial charge in [0.1, 0.15) is 11.5 Å². The molecule has 1 aromatic rings. The number of halogens is 3. The molecule has 2 rings (SSSR count). The van der Waals surface area contributed by atoms with E-state index < -0.39 is 30.7 Å². The largest absolute Gasteiger partial charge is 0.496 e. The maximum absolute atomic E-state index is 12.6. The van der Waals surface area contributed by atoms with Crippen LogP contribution in [0.2, 0.25) is 0 Å². The summed E-state index contributed by atoms with van der Waals surface area (Å²) >= 11 is 5.14. The van der Waals surface area contributed by atoms with E-state index in [4.69, 9.17) is 25.6 Å². The van der Waals surface area contributed by atoms with Gasteiger partial charge < -0.3 is 19.1 Å². The number of hydrogen-bond donors (Lipinski definition) is 1. The van der Waals surface area contributed by atoms with Gasteiger partial charge in [0.2, 0.25) is 6.49 Å². The van der Waals surface area contributed by atoms with Crippen molar-refractivity contribution in [1.29, 1.82) is 0 Å². The van der Waals surface area contributed by atoms with Gasteiger partial charge in [-0.05, 0) is 44.2 Å². The first kappa shape index (κ1) is 21.7. The number of methoxy groups -OCH3 is 1. The number of carbonyl (C=O) groups is 1. The van der Waals surface area contributed by atoms with Crippen LogP contribution in [0.25, 0.3) is 5.57 Å². The van der Waals surface area contributed by atoms with Gasteiger partial charge in [0.25, 0.3) is 5.91 Å². The fourth-order valence-corrected chi connectivity index (χ4v) is 4.08. The Labute approximate surface area is 161 Å². The van der Waals surface area contributed by atoms with E-state index in [1.807, 2.05) is 6.92 Å². The molecule has 1 heterocycles. The topological polar surface area (TPSA) is 56.8 Å². The van der Waals surface area contributed by atoms with Crippen molar-refractivity contribution in [3.63, 3.8) is 0 Å². The minimum Gasteiger partial charge on any atom is -0.496 e. The zero-order valence-electron chi connectivity index (χ0n) is 15.6. The molecule has 150 valence electrons. The predicted molar refractivity (Wildman–Crippen MR) is 100 cm³/mol. The molecule has 1 unspecified atom stereocenters. The van der Waals surface area contributed by atoms with Gasteiger partial charge in [0, 0.05) is 12.2 Å². The van der Waals surface area contributed by atoms with Crippen LogP contribution >= 0.6 is 6.49 Å². The van der Waals surface area contributed by atoms with Crippen molar-refractivity contribution < 1.29 is 31.8 Å². The molecule has 1 aromatic carbocycles. The summed E-state index contributed by atoms with van der Waals surface area (Å²) in [5.41, 5.74) is 0.588. The number of aryl methyl sites for hydroxylation is 1. The molecular formula is C17H21F3NO4PS. The Hall–Kier alpha value is -1.57. The van der Waals surface area contributed by atoms with Crippen molar-refractivity contribution in [2.45, 2.75) is 32.5 Å². The van der Waals surface area contributed by atoms with Gasteiger partial charge in [-0.1, -0.05) is 12.1 Å². The van der Waals surface area contributed by atoms with Crippen LogP contribution in [-0.2, 0) is 25.6 Å². The van der Waals surface area contributed by atoms with Crippen LogP contribution in [0.1, 0.15) is 25.0 Å². The molecule has 1 atom stereocenters. The van der Waals surface area contributed by atoms with Crippen LogP contribution in [0.5, 0.6) is 5.75 Å². The molecule has 1 aliphatic heterocycles. The molecule has 1 aliphatic rings. The lowest BCUT2D eigenvalue weighted by Crippen LogP contribution is -2.38. The van der Waals surface area contributed by atoms with Gasteiger partial charge in [-0.2, -0.15) is 13.2 Å². The highest BCUT2D eigenvalue weighted by atomic mass is 32.5. The van der Waals surface area contributed by atoms with Crippen LogP contribution in [0.4, 0.5) is 13.2 Å². The first-order valence-corrected chi connectivity index (χ1v) is 11.0. The number of carbonyl (C=O) groups excluding carboxylic acids is 1. The van der Waals surface area contributed by atoms with Crippen LogP contribution in [-0.4, -0.2) is 38.0 Å². The maximum Gasteiger partial charge on any atom is 0.412 e. The third kappa shape index (κ3) is 5.24. The molecule has 1 amide bonds. The highest BCUT2D eigenvalue weighted by Gasteiger charge is 2.43. The van der Waals surface area contributed by atoms with E-state index in [0.717, 1.165) is 5.56 Å². The molecule has 0 saturated heterocycles. The molecule has 0 fully saturated rings. The molecule has 5 nitrogen and oxygen atoms in total. The van der Waals surface area contributed by atoms with Crippen molar-refractivity contribution >= 4 is 29.8 Å². The minimum atomic E-state index is -4.53. The van der Waals surface area contributed by atoms with Gasteiger partial charge in [-0.25, -0.2) is 0 Å². The number of alkyl halides is 3. The smallest absolute Gasteiger partial charge is 0.412 e. The van der Waals surface area contributed by atoms with Crippen molar-refractivity contribution in [2.75, 3.05) is 20.4 Å². The Kier molecular flexibility index (Phi) is 5.99. The fraction of sp³-hybridized carbons (Fsp3) is 0.471. The lowest BCUT2D eigenvalue weighted by atomic mass is 9.98. The van der Waals surface area contributed by atoms with Gasteiger partial charge in [0.05, 0.1) is 18.2 Å². The van der Waals surface area contributed by atoms with E-state index in [1.54, 1.807) is 32.0 Å². The Morgan fingerprint density at radius 2 is 1.93 bits per heavy atom. The number of amides is 1. The molecular weight excluding hydrogens is 402 g/mol. The Bertz CT molecular complexity index is 836. The first-order chi connectivity index (χ1) is 12.3. The summed E-state index contributed by atoms with van der Waals surface area (Å²) in [4.78, 5) is 12.6. The quantitative estimate of drug-likeness (QED) is 0.697. The normalized spacial score (nSPS) is 18.9. The van der Waals surface area contributed by atoms with Crippen LogP contribution in [0.15, 0.2) is 24.0 Å². The average molecular weight is 423 g/mol. The second-order valence-electron chi connectivity index (χ2n) is 6.74. The van der Waals surface area contributed by atoms with E-state index in [0.29, 0.717) is 11.3 Å². The third-order valence-electron chi connectivity index (χ3n) is 3.79. The summed E-state index contributed by atoms with van der Waals surface area (Å²) in [7, 11) is 1.47. The monoisotopic (exact) mass is 423 g/mol. The molecule has 0 radical (unpaired) electrons. The van der Waals surface area contributed by atoms with Crippen molar-refractivity contribution in [2.24, 2.45) is 0 Å². The lowest BCUT2D eigenvalue weighted by molar-refractivity contribution is -0.153. The number of hydrogen-bond acceptors (Lipinski definition) is 5. The predicted octanol–water partition coefficient (Wildman–Crippen LogP) is 4.16. The van der Waals surface area contributed by atoms with E-state index in [2.05, 4.69) is 5.32 Å². The Balaban J connectivity index is 2.51. The molecule has 0 bridgehead atoms. The number of benzene rings is 1. The zero-order valence-corrected chi connectivity index (χ0v) is 17.3. The second kappa shape index (κ2) is 7.45. The SMILES string of the molecule is COc1cc(C)ccc1C1=C(OP(C)(=S)OCC(F)(F)F)C(C)(C)NC1=O. The maximum atomic E-state index is 12.6. The summed E-state index contributed by atoms with van der Waals surface area (Å²) in [5.74, 6) is 0.158. The number of ether oxygens (including phenoxy) is 1. The number of rotatable bonds is 6. The third-order valence-corrected chi connectivity index (χ3v) is 5.45. The van der Waals surface area contributed by atoms with Gasteiger partial charge in [0.15, 0.2) is 6.61 Å². The summed E-state index contributed by atoms with van der Waals surface area (Å²) in [6, 6.07) is 5.24. The summed E-state index contributed by atoms with van der Waals surface area (Å²) in [6.45, 7) is 1.68. The van der Waals surface area contributed by atoms with Crippen LogP contribution < -0.4 is 10.1 Å².